The van der Waals surface area contributed by atoms with Gasteiger partial charge in [-0.15, -0.1) is 0 Å². The van der Waals surface area contributed by atoms with Crippen LogP contribution in [0.4, 0.5) is 21.6 Å². The van der Waals surface area contributed by atoms with E-state index in [2.05, 4.69) is 20.6 Å². The van der Waals surface area contributed by atoms with E-state index in [1.165, 1.54) is 12.1 Å². The minimum atomic E-state index is -0.489. The molecule has 0 saturated heterocycles. The van der Waals surface area contributed by atoms with Crippen molar-refractivity contribution in [2.45, 2.75) is 19.3 Å². The molecule has 1 atom stereocenters. The quantitative estimate of drug-likeness (QED) is 0.346. The summed E-state index contributed by atoms with van der Waals surface area (Å²) in [6.07, 6.45) is 2.33. The molecule has 0 saturated carbocycles. The average molecular weight is 484 g/mol. The monoisotopic (exact) mass is 483 g/mol. The van der Waals surface area contributed by atoms with Gasteiger partial charge in [0.1, 0.15) is 11.6 Å². The number of nitrogens with one attached hydrogen (secondary N) is 3. The zero-order chi connectivity index (χ0) is 25.2. The number of aromatic nitrogens is 2. The average Bonchev–Trinajstić information content (AvgIpc) is 3.26. The van der Waals surface area contributed by atoms with Crippen LogP contribution < -0.4 is 10.6 Å². The second-order valence-electron chi connectivity index (χ2n) is 8.89. The van der Waals surface area contributed by atoms with E-state index in [4.69, 9.17) is 0 Å². The largest absolute Gasteiger partial charge is 0.356 e. The maximum absolute atomic E-state index is 13.3. The number of halogens is 1. The maximum Gasteiger partial charge on any atom is 0.257 e. The Balaban J connectivity index is 1.48. The van der Waals surface area contributed by atoms with Gasteiger partial charge >= 0.3 is 0 Å². The first-order chi connectivity index (χ1) is 17.4. The normalized spacial score (nSPS) is 13.8. The first-order valence-corrected chi connectivity index (χ1v) is 11.8. The van der Waals surface area contributed by atoms with Crippen LogP contribution in [0.1, 0.15) is 34.5 Å². The van der Waals surface area contributed by atoms with Crippen molar-refractivity contribution >= 4 is 29.0 Å². The number of carbonyl (C=O) groups is 2. The molecule has 1 aliphatic heterocycles. The summed E-state index contributed by atoms with van der Waals surface area (Å²) in [6, 6.07) is 19.2. The summed E-state index contributed by atoms with van der Waals surface area (Å²) in [6.45, 7) is 2.39. The maximum atomic E-state index is 13.3. The molecule has 0 fully saturated rings. The van der Waals surface area contributed by atoms with Crippen molar-refractivity contribution in [3.63, 3.8) is 0 Å². The number of anilines is 3. The highest BCUT2D eigenvalue weighted by Crippen LogP contribution is 2.38. The lowest BCUT2D eigenvalue weighted by atomic mass is 10.0. The molecule has 1 aliphatic rings. The van der Waals surface area contributed by atoms with E-state index in [1.54, 1.807) is 43.3 Å². The minimum Gasteiger partial charge on any atom is -0.356 e. The van der Waals surface area contributed by atoms with Gasteiger partial charge in [-0.05, 0) is 48.9 Å². The summed E-state index contributed by atoms with van der Waals surface area (Å²) >= 11 is 0. The van der Waals surface area contributed by atoms with Gasteiger partial charge < -0.3 is 20.5 Å². The summed E-state index contributed by atoms with van der Waals surface area (Å²) in [7, 11) is 1.80. The molecule has 8 heteroatoms. The van der Waals surface area contributed by atoms with E-state index >= 15 is 0 Å². The molecule has 36 heavy (non-hydrogen) atoms. The molecule has 5 rings (SSSR count). The van der Waals surface area contributed by atoms with Crippen LogP contribution in [-0.4, -0.2) is 40.3 Å². The van der Waals surface area contributed by atoms with Crippen molar-refractivity contribution in [3.8, 4) is 11.3 Å². The number of rotatable bonds is 6. The number of nitrogens with zero attached hydrogens (tertiary/aromatic N) is 2. The zero-order valence-corrected chi connectivity index (χ0v) is 20.0. The van der Waals surface area contributed by atoms with Crippen molar-refractivity contribution < 1.29 is 14.0 Å². The molecular weight excluding hydrogens is 457 g/mol. The van der Waals surface area contributed by atoms with Gasteiger partial charge in [0.2, 0.25) is 5.91 Å². The number of H-pyrrole nitrogens is 1. The molecule has 182 valence electrons. The minimum absolute atomic E-state index is 0.0483. The third-order valence-corrected chi connectivity index (χ3v) is 6.44. The number of carbonyl (C=O) groups excluding carboxylic acids is 2. The van der Waals surface area contributed by atoms with Crippen molar-refractivity contribution in [2.75, 3.05) is 24.2 Å². The molecule has 2 aromatic heterocycles. The van der Waals surface area contributed by atoms with Crippen molar-refractivity contribution in [3.05, 3.63) is 95.6 Å². The van der Waals surface area contributed by atoms with Gasteiger partial charge in [0.15, 0.2) is 0 Å². The molecule has 2 aromatic carbocycles. The SMILES string of the molecule is CC(C(=O)Nc1cc(-c2[nH]c3c(c2Nc2ccccc2)C(=O)N(C)CC3)ccn1)c1ccc(F)cc1. The Morgan fingerprint density at radius 2 is 1.86 bits per heavy atom. The number of para-hydroxylation sites is 1. The highest BCUT2D eigenvalue weighted by Gasteiger charge is 2.30. The molecule has 3 heterocycles. The second kappa shape index (κ2) is 9.65. The molecule has 1 unspecified atom stereocenters. The highest BCUT2D eigenvalue weighted by molar-refractivity contribution is 6.06. The summed E-state index contributed by atoms with van der Waals surface area (Å²) < 4.78 is 13.3. The van der Waals surface area contributed by atoms with E-state index in [0.717, 1.165) is 22.6 Å². The van der Waals surface area contributed by atoms with Gasteiger partial charge in [0, 0.05) is 43.2 Å². The molecule has 4 aromatic rings. The molecule has 0 spiro atoms. The summed E-state index contributed by atoms with van der Waals surface area (Å²) in [5.41, 5.74) is 5.27. The molecule has 2 amide bonds. The van der Waals surface area contributed by atoms with E-state index in [9.17, 15) is 14.0 Å². The smallest absolute Gasteiger partial charge is 0.257 e. The molecular formula is C28H26FN5O2. The summed E-state index contributed by atoms with van der Waals surface area (Å²) in [4.78, 5) is 35.4. The van der Waals surface area contributed by atoms with E-state index in [1.807, 2.05) is 36.4 Å². The Kier molecular flexibility index (Phi) is 6.25. The number of pyridine rings is 1. The lowest BCUT2D eigenvalue weighted by Crippen LogP contribution is -2.34. The second-order valence-corrected chi connectivity index (χ2v) is 8.89. The number of hydrogen-bond acceptors (Lipinski definition) is 4. The molecule has 3 N–H and O–H groups in total. The van der Waals surface area contributed by atoms with Gasteiger partial charge in [-0.2, -0.15) is 0 Å². The van der Waals surface area contributed by atoms with Crippen LogP contribution >= 0.6 is 0 Å². The number of hydrogen-bond donors (Lipinski definition) is 3. The number of benzene rings is 2. The topological polar surface area (TPSA) is 90.1 Å². The third-order valence-electron chi connectivity index (χ3n) is 6.44. The first-order valence-electron chi connectivity index (χ1n) is 11.8. The molecule has 0 bridgehead atoms. The Labute approximate surface area is 208 Å². The summed E-state index contributed by atoms with van der Waals surface area (Å²) in [5, 5.41) is 6.28. The van der Waals surface area contributed by atoms with E-state index < -0.39 is 5.92 Å². The Hall–Kier alpha value is -4.46. The lowest BCUT2D eigenvalue weighted by molar-refractivity contribution is -0.117. The zero-order valence-electron chi connectivity index (χ0n) is 20.0. The number of aromatic amines is 1. The van der Waals surface area contributed by atoms with Crippen molar-refractivity contribution in [1.82, 2.24) is 14.9 Å². The van der Waals surface area contributed by atoms with Gasteiger partial charge in [-0.3, -0.25) is 9.59 Å². The third kappa shape index (κ3) is 4.57. The fourth-order valence-electron chi connectivity index (χ4n) is 4.35. The summed E-state index contributed by atoms with van der Waals surface area (Å²) in [5.74, 6) is -0.756. The van der Waals surface area contributed by atoms with Gasteiger partial charge in [-0.1, -0.05) is 30.3 Å². The van der Waals surface area contributed by atoms with Crippen LogP contribution in [0.25, 0.3) is 11.3 Å². The van der Waals surface area contributed by atoms with Crippen LogP contribution in [0, 0.1) is 5.82 Å². The van der Waals surface area contributed by atoms with Gasteiger partial charge in [0.25, 0.3) is 5.91 Å². The standard InChI is InChI=1S/C28H26FN5O2/c1-17(18-8-10-20(29)11-9-18)27(35)33-23-16-19(12-14-30-23)25-26(31-21-6-4-3-5-7-21)24-22(32-25)13-15-34(2)28(24)36/h3-12,14,16-17,31-32H,13,15H2,1-2H3,(H,30,33,35). The fourth-order valence-corrected chi connectivity index (χ4v) is 4.35. The number of fused-ring (bicyclic) bond motifs is 1. The predicted octanol–water partition coefficient (Wildman–Crippen LogP) is 5.33. The van der Waals surface area contributed by atoms with Crippen molar-refractivity contribution in [2.24, 2.45) is 0 Å². The first kappa shape index (κ1) is 23.3. The molecule has 0 radical (unpaired) electrons. The Morgan fingerprint density at radius 1 is 1.11 bits per heavy atom. The Morgan fingerprint density at radius 3 is 2.61 bits per heavy atom. The lowest BCUT2D eigenvalue weighted by Gasteiger charge is -2.23. The predicted molar refractivity (Wildman–Crippen MR) is 138 cm³/mol. The molecule has 7 nitrogen and oxygen atoms in total. The highest BCUT2D eigenvalue weighted by atomic mass is 19.1. The fraction of sp³-hybridized carbons (Fsp3) is 0.179. The van der Waals surface area contributed by atoms with Crippen molar-refractivity contribution in [1.29, 1.82) is 0 Å². The molecule has 0 aliphatic carbocycles. The van der Waals surface area contributed by atoms with Gasteiger partial charge in [-0.25, -0.2) is 9.37 Å². The number of amides is 2. The van der Waals surface area contributed by atoms with Crippen LogP contribution in [0.2, 0.25) is 0 Å². The van der Waals surface area contributed by atoms with Crippen LogP contribution in [0.5, 0.6) is 0 Å². The Bertz CT molecular complexity index is 1420. The van der Waals surface area contributed by atoms with E-state index in [-0.39, 0.29) is 17.6 Å². The van der Waals surface area contributed by atoms with Crippen LogP contribution in [-0.2, 0) is 11.2 Å². The number of likely N-dealkylation sites (N-methyl/N-ethyl adjacent to an activating group) is 1. The van der Waals surface area contributed by atoms with Gasteiger partial charge in [0.05, 0.1) is 22.9 Å². The van der Waals surface area contributed by atoms with Crippen LogP contribution in [0.3, 0.4) is 0 Å². The van der Waals surface area contributed by atoms with E-state index in [0.29, 0.717) is 35.6 Å². The van der Waals surface area contributed by atoms with Crippen LogP contribution in [0.15, 0.2) is 72.9 Å².